The molecule has 0 atom stereocenters. The van der Waals surface area contributed by atoms with Crippen molar-refractivity contribution >= 4 is 33.2 Å². The SMILES string of the molecule is COc1ccc(-c2cc(CNS(=O)(=O)c3ccc(Cl)c(Cl)c3)ncn2)cc1. The zero-order valence-corrected chi connectivity index (χ0v) is 16.5. The van der Waals surface area contributed by atoms with E-state index in [0.717, 1.165) is 11.3 Å². The van der Waals surface area contributed by atoms with Crippen LogP contribution in [0.5, 0.6) is 5.75 Å². The van der Waals surface area contributed by atoms with Crippen molar-refractivity contribution in [3.8, 4) is 17.0 Å². The molecule has 0 fully saturated rings. The molecule has 6 nitrogen and oxygen atoms in total. The van der Waals surface area contributed by atoms with E-state index in [-0.39, 0.29) is 21.5 Å². The van der Waals surface area contributed by atoms with E-state index in [1.54, 1.807) is 13.2 Å². The Morgan fingerprint density at radius 1 is 1.00 bits per heavy atom. The number of hydrogen-bond donors (Lipinski definition) is 1. The summed E-state index contributed by atoms with van der Waals surface area (Å²) in [5, 5.41) is 0.457. The molecule has 0 spiro atoms. The number of hydrogen-bond acceptors (Lipinski definition) is 5. The predicted molar refractivity (Wildman–Crippen MR) is 105 cm³/mol. The van der Waals surface area contributed by atoms with Crippen LogP contribution in [0.4, 0.5) is 0 Å². The lowest BCUT2D eigenvalue weighted by atomic mass is 10.1. The third-order valence-electron chi connectivity index (χ3n) is 3.75. The third kappa shape index (κ3) is 4.75. The lowest BCUT2D eigenvalue weighted by Crippen LogP contribution is -2.23. The first-order chi connectivity index (χ1) is 12.9. The Morgan fingerprint density at radius 3 is 2.41 bits per heavy atom. The topological polar surface area (TPSA) is 81.2 Å². The van der Waals surface area contributed by atoms with E-state index in [2.05, 4.69) is 14.7 Å². The van der Waals surface area contributed by atoms with E-state index >= 15 is 0 Å². The average Bonchev–Trinajstić information content (AvgIpc) is 2.69. The molecule has 1 heterocycles. The van der Waals surface area contributed by atoms with Gasteiger partial charge in [-0.25, -0.2) is 23.1 Å². The summed E-state index contributed by atoms with van der Waals surface area (Å²) in [5.41, 5.74) is 2.07. The molecular weight excluding hydrogens is 409 g/mol. The average molecular weight is 424 g/mol. The Morgan fingerprint density at radius 2 is 1.74 bits per heavy atom. The maximum atomic E-state index is 12.4. The van der Waals surface area contributed by atoms with Crippen molar-refractivity contribution in [2.45, 2.75) is 11.4 Å². The number of sulfonamides is 1. The Balaban J connectivity index is 1.76. The van der Waals surface area contributed by atoms with Crippen molar-refractivity contribution in [2.24, 2.45) is 0 Å². The molecule has 0 bridgehead atoms. The van der Waals surface area contributed by atoms with Crippen molar-refractivity contribution in [1.29, 1.82) is 0 Å². The molecule has 0 aliphatic carbocycles. The van der Waals surface area contributed by atoms with Crippen molar-refractivity contribution in [2.75, 3.05) is 7.11 Å². The van der Waals surface area contributed by atoms with Crippen LogP contribution in [0.15, 0.2) is 59.8 Å². The number of rotatable bonds is 6. The monoisotopic (exact) mass is 423 g/mol. The van der Waals surface area contributed by atoms with E-state index in [1.807, 2.05) is 24.3 Å². The van der Waals surface area contributed by atoms with Crippen LogP contribution in [0, 0.1) is 0 Å². The van der Waals surface area contributed by atoms with Gasteiger partial charge in [0.15, 0.2) is 0 Å². The van der Waals surface area contributed by atoms with Crippen LogP contribution >= 0.6 is 23.2 Å². The minimum Gasteiger partial charge on any atom is -0.497 e. The van der Waals surface area contributed by atoms with Gasteiger partial charge in [0.25, 0.3) is 0 Å². The third-order valence-corrected chi connectivity index (χ3v) is 5.89. The molecule has 0 saturated carbocycles. The molecule has 3 aromatic rings. The fraction of sp³-hybridized carbons (Fsp3) is 0.111. The fourth-order valence-corrected chi connectivity index (χ4v) is 3.70. The molecule has 2 aromatic carbocycles. The maximum absolute atomic E-state index is 12.4. The molecule has 0 aliphatic rings. The molecule has 0 amide bonds. The van der Waals surface area contributed by atoms with Crippen LogP contribution < -0.4 is 9.46 Å². The largest absolute Gasteiger partial charge is 0.497 e. The Bertz CT molecular complexity index is 1060. The molecule has 0 radical (unpaired) electrons. The van der Waals surface area contributed by atoms with E-state index in [0.29, 0.717) is 11.4 Å². The van der Waals surface area contributed by atoms with Gasteiger partial charge in [-0.15, -0.1) is 0 Å². The molecule has 27 heavy (non-hydrogen) atoms. The Labute approximate surface area is 167 Å². The first-order valence-electron chi connectivity index (χ1n) is 7.79. The van der Waals surface area contributed by atoms with Gasteiger partial charge in [0.1, 0.15) is 12.1 Å². The van der Waals surface area contributed by atoms with E-state index in [9.17, 15) is 8.42 Å². The van der Waals surface area contributed by atoms with Crippen LogP contribution in [0.2, 0.25) is 10.0 Å². The Hall–Kier alpha value is -2.19. The van der Waals surface area contributed by atoms with Gasteiger partial charge in [0.2, 0.25) is 10.0 Å². The van der Waals surface area contributed by atoms with Crippen LogP contribution in [-0.2, 0) is 16.6 Å². The number of aromatic nitrogens is 2. The molecule has 0 aliphatic heterocycles. The molecule has 9 heteroatoms. The van der Waals surface area contributed by atoms with Gasteiger partial charge in [0.05, 0.1) is 40.0 Å². The van der Waals surface area contributed by atoms with Crippen molar-refractivity contribution < 1.29 is 13.2 Å². The lowest BCUT2D eigenvalue weighted by molar-refractivity contribution is 0.415. The standard InChI is InChI=1S/C18H15Cl2N3O3S/c1-26-14-4-2-12(3-5-14)18-8-13(21-11-22-18)10-23-27(24,25)15-6-7-16(19)17(20)9-15/h2-9,11,23H,10H2,1H3. The highest BCUT2D eigenvalue weighted by Crippen LogP contribution is 2.25. The molecule has 1 N–H and O–H groups in total. The molecule has 0 saturated heterocycles. The summed E-state index contributed by atoms with van der Waals surface area (Å²) in [6.45, 7) is 0.00819. The molecule has 1 aromatic heterocycles. The van der Waals surface area contributed by atoms with Gasteiger partial charge in [-0.05, 0) is 48.5 Å². The van der Waals surface area contributed by atoms with Gasteiger partial charge < -0.3 is 4.74 Å². The number of methoxy groups -OCH3 is 1. The van der Waals surface area contributed by atoms with Gasteiger partial charge >= 0.3 is 0 Å². The summed E-state index contributed by atoms with van der Waals surface area (Å²) in [4.78, 5) is 8.37. The normalized spacial score (nSPS) is 11.4. The zero-order chi connectivity index (χ0) is 19.4. The van der Waals surface area contributed by atoms with E-state index in [1.165, 1.54) is 24.5 Å². The number of halogens is 2. The van der Waals surface area contributed by atoms with E-state index < -0.39 is 10.0 Å². The summed E-state index contributed by atoms with van der Waals surface area (Å²) in [5.74, 6) is 0.738. The van der Waals surface area contributed by atoms with Gasteiger partial charge in [0, 0.05) is 5.56 Å². The van der Waals surface area contributed by atoms with Crippen molar-refractivity contribution in [3.05, 3.63) is 70.6 Å². The van der Waals surface area contributed by atoms with E-state index in [4.69, 9.17) is 27.9 Å². The van der Waals surface area contributed by atoms with Crippen LogP contribution in [-0.4, -0.2) is 25.5 Å². The molecule has 140 valence electrons. The molecule has 3 rings (SSSR count). The van der Waals surface area contributed by atoms with Gasteiger partial charge in [-0.2, -0.15) is 0 Å². The van der Waals surface area contributed by atoms with Gasteiger partial charge in [-0.3, -0.25) is 0 Å². The highest BCUT2D eigenvalue weighted by molar-refractivity contribution is 7.89. The smallest absolute Gasteiger partial charge is 0.240 e. The quantitative estimate of drug-likeness (QED) is 0.649. The number of nitrogens with one attached hydrogen (secondary N) is 1. The second-order valence-corrected chi connectivity index (χ2v) is 8.10. The number of ether oxygens (including phenoxy) is 1. The lowest BCUT2D eigenvalue weighted by Gasteiger charge is -2.08. The first-order valence-corrected chi connectivity index (χ1v) is 10.0. The summed E-state index contributed by atoms with van der Waals surface area (Å²) in [6.07, 6.45) is 1.39. The molecular formula is C18H15Cl2N3O3S. The number of nitrogens with zero attached hydrogens (tertiary/aromatic N) is 2. The minimum atomic E-state index is -3.75. The summed E-state index contributed by atoms with van der Waals surface area (Å²) < 4.78 is 32.5. The van der Waals surface area contributed by atoms with Crippen LogP contribution in [0.25, 0.3) is 11.3 Å². The van der Waals surface area contributed by atoms with Gasteiger partial charge in [-0.1, -0.05) is 23.2 Å². The zero-order valence-electron chi connectivity index (χ0n) is 14.2. The number of benzene rings is 2. The minimum absolute atomic E-state index is 0.00819. The maximum Gasteiger partial charge on any atom is 0.240 e. The summed E-state index contributed by atoms with van der Waals surface area (Å²) in [6, 6.07) is 13.2. The highest BCUT2D eigenvalue weighted by atomic mass is 35.5. The predicted octanol–water partition coefficient (Wildman–Crippen LogP) is 3.94. The molecule has 0 unspecified atom stereocenters. The first kappa shape index (κ1) is 19.6. The van der Waals surface area contributed by atoms with Crippen LogP contribution in [0.1, 0.15) is 5.69 Å². The van der Waals surface area contributed by atoms with Crippen molar-refractivity contribution in [1.82, 2.24) is 14.7 Å². The summed E-state index contributed by atoms with van der Waals surface area (Å²) in [7, 11) is -2.16. The highest BCUT2D eigenvalue weighted by Gasteiger charge is 2.16. The second kappa shape index (κ2) is 8.22. The summed E-state index contributed by atoms with van der Waals surface area (Å²) >= 11 is 11.7. The Kier molecular flexibility index (Phi) is 5.96. The fourth-order valence-electron chi connectivity index (χ4n) is 2.31. The second-order valence-electron chi connectivity index (χ2n) is 5.52. The van der Waals surface area contributed by atoms with Crippen LogP contribution in [0.3, 0.4) is 0 Å². The van der Waals surface area contributed by atoms with Crippen molar-refractivity contribution in [3.63, 3.8) is 0 Å².